The topological polar surface area (TPSA) is 77.4 Å². The van der Waals surface area contributed by atoms with E-state index in [4.69, 9.17) is 0 Å². The molecule has 0 saturated heterocycles. The van der Waals surface area contributed by atoms with Crippen molar-refractivity contribution in [1.82, 2.24) is 9.29 Å². The summed E-state index contributed by atoms with van der Waals surface area (Å²) in [4.78, 5) is 11.2. The second-order valence-electron chi connectivity index (χ2n) is 6.44. The molecule has 1 aromatic heterocycles. The number of hydrogen-bond donors (Lipinski definition) is 1. The Kier molecular flexibility index (Phi) is 4.91. The van der Waals surface area contributed by atoms with Crippen molar-refractivity contribution in [2.45, 2.75) is 24.5 Å². The third-order valence-corrected chi connectivity index (χ3v) is 6.98. The highest BCUT2D eigenvalue weighted by Gasteiger charge is 2.38. The molecule has 1 amide bonds. The van der Waals surface area contributed by atoms with Gasteiger partial charge in [0.1, 0.15) is 4.75 Å². The molecule has 0 fully saturated rings. The summed E-state index contributed by atoms with van der Waals surface area (Å²) < 4.78 is 31.6. The zero-order valence-corrected chi connectivity index (χ0v) is 15.6. The summed E-state index contributed by atoms with van der Waals surface area (Å²) in [5.41, 5.74) is 1.50. The van der Waals surface area contributed by atoms with Gasteiger partial charge in [-0.1, -0.05) is 42.5 Å². The first-order chi connectivity index (χ1) is 12.4. The number of nitrogens with one attached hydrogen (secondary N) is 1. The van der Waals surface area contributed by atoms with Crippen LogP contribution in [-0.4, -0.2) is 36.9 Å². The first-order valence-corrected chi connectivity index (χ1v) is 9.83. The Hall–Kier alpha value is -2.54. The van der Waals surface area contributed by atoms with Crippen molar-refractivity contribution in [3.05, 3.63) is 60.3 Å². The number of allylic oxidation sites excluding steroid dienone is 3. The molecule has 0 saturated carbocycles. The van der Waals surface area contributed by atoms with E-state index in [1.165, 1.54) is 11.1 Å². The van der Waals surface area contributed by atoms with Crippen molar-refractivity contribution < 1.29 is 17.9 Å². The van der Waals surface area contributed by atoms with Crippen LogP contribution in [0, 0.1) is 0 Å². The van der Waals surface area contributed by atoms with Crippen LogP contribution in [0.15, 0.2) is 54.8 Å². The van der Waals surface area contributed by atoms with Crippen LogP contribution in [0.5, 0.6) is 0 Å². The van der Waals surface area contributed by atoms with Crippen molar-refractivity contribution in [3.8, 4) is 0 Å². The molecule has 0 bridgehead atoms. The van der Waals surface area contributed by atoms with Crippen molar-refractivity contribution in [3.63, 3.8) is 0 Å². The zero-order valence-electron chi connectivity index (χ0n) is 14.8. The van der Waals surface area contributed by atoms with E-state index in [-0.39, 0.29) is 0 Å². The predicted molar refractivity (Wildman–Crippen MR) is 102 cm³/mol. The highest BCUT2D eigenvalue weighted by molar-refractivity contribution is 7.91. The third-order valence-electron chi connectivity index (χ3n) is 4.68. The van der Waals surface area contributed by atoms with Crippen molar-refractivity contribution >= 4 is 27.0 Å². The van der Waals surface area contributed by atoms with Gasteiger partial charge in [0.05, 0.1) is 12.6 Å². The standard InChI is InChI=1S/C19H22N2O4S/c1-19(11-6-3-7-12-19)26(23,24)21-14-15(10-13-20-18(22)25-2)16-8-4-5-9-17(16)21/h3-9,11,14H,10,12-13H2,1-2H3,(H,20,22). The molecule has 7 heteroatoms. The van der Waals surface area contributed by atoms with Crippen molar-refractivity contribution in [2.24, 2.45) is 0 Å². The fraction of sp³-hybridized carbons (Fsp3) is 0.316. The molecule has 1 N–H and O–H groups in total. The minimum Gasteiger partial charge on any atom is -0.453 e. The summed E-state index contributed by atoms with van der Waals surface area (Å²) >= 11 is 0. The van der Waals surface area contributed by atoms with E-state index in [2.05, 4.69) is 10.1 Å². The quantitative estimate of drug-likeness (QED) is 0.873. The summed E-state index contributed by atoms with van der Waals surface area (Å²) in [6.45, 7) is 2.09. The van der Waals surface area contributed by atoms with Gasteiger partial charge in [-0.25, -0.2) is 17.2 Å². The molecule has 26 heavy (non-hydrogen) atoms. The Morgan fingerprint density at radius 3 is 2.77 bits per heavy atom. The molecule has 6 nitrogen and oxygen atoms in total. The number of ether oxygens (including phenoxy) is 1. The van der Waals surface area contributed by atoms with Crippen LogP contribution in [0.25, 0.3) is 10.9 Å². The first-order valence-electron chi connectivity index (χ1n) is 8.39. The highest BCUT2D eigenvalue weighted by atomic mass is 32.2. The molecule has 1 heterocycles. The van der Waals surface area contributed by atoms with Gasteiger partial charge in [-0.3, -0.25) is 0 Å². The summed E-state index contributed by atoms with van der Waals surface area (Å²) in [6.07, 6.45) is 9.31. The lowest BCUT2D eigenvalue weighted by molar-refractivity contribution is 0.171. The first kappa shape index (κ1) is 18.3. The van der Waals surface area contributed by atoms with E-state index in [0.29, 0.717) is 24.9 Å². The van der Waals surface area contributed by atoms with Crippen LogP contribution in [0.3, 0.4) is 0 Å². The largest absolute Gasteiger partial charge is 0.453 e. The van der Waals surface area contributed by atoms with Crippen LogP contribution in [-0.2, 0) is 21.2 Å². The number of methoxy groups -OCH3 is 1. The molecule has 0 aliphatic heterocycles. The maximum absolute atomic E-state index is 13.4. The van der Waals surface area contributed by atoms with Crippen molar-refractivity contribution in [1.29, 1.82) is 0 Å². The summed E-state index contributed by atoms with van der Waals surface area (Å²) in [5.74, 6) is 0. The molecule has 0 spiro atoms. The third kappa shape index (κ3) is 3.14. The Balaban J connectivity index is 2.00. The van der Waals surface area contributed by atoms with Crippen molar-refractivity contribution in [2.75, 3.05) is 13.7 Å². The van der Waals surface area contributed by atoms with Gasteiger partial charge >= 0.3 is 6.09 Å². The lowest BCUT2D eigenvalue weighted by Gasteiger charge is -2.27. The Morgan fingerprint density at radius 1 is 1.31 bits per heavy atom. The highest BCUT2D eigenvalue weighted by Crippen LogP contribution is 2.32. The minimum atomic E-state index is -3.65. The Morgan fingerprint density at radius 2 is 2.08 bits per heavy atom. The second-order valence-corrected chi connectivity index (χ2v) is 8.72. The number of carbonyl (C=O) groups excluding carboxylic acids is 1. The number of rotatable bonds is 5. The number of aromatic nitrogens is 1. The van der Waals surface area contributed by atoms with Crippen LogP contribution >= 0.6 is 0 Å². The number of alkyl carbamates (subject to hydrolysis) is 1. The van der Waals surface area contributed by atoms with E-state index in [0.717, 1.165) is 10.9 Å². The molecular formula is C19H22N2O4S. The van der Waals surface area contributed by atoms with E-state index >= 15 is 0 Å². The smallest absolute Gasteiger partial charge is 0.406 e. The van der Waals surface area contributed by atoms with Gasteiger partial charge < -0.3 is 10.1 Å². The van der Waals surface area contributed by atoms with E-state index < -0.39 is 20.9 Å². The van der Waals surface area contributed by atoms with E-state index in [9.17, 15) is 13.2 Å². The van der Waals surface area contributed by atoms with Gasteiger partial charge in [-0.05, 0) is 31.4 Å². The summed E-state index contributed by atoms with van der Waals surface area (Å²) in [5, 5.41) is 3.49. The molecule has 2 aromatic rings. The molecule has 0 radical (unpaired) electrons. The number of nitrogens with zero attached hydrogens (tertiary/aromatic N) is 1. The Labute approximate surface area is 153 Å². The van der Waals surface area contributed by atoms with E-state index in [1.807, 2.05) is 30.4 Å². The summed E-state index contributed by atoms with van der Waals surface area (Å²) in [7, 11) is -2.34. The maximum atomic E-state index is 13.4. The fourth-order valence-electron chi connectivity index (χ4n) is 3.11. The second kappa shape index (κ2) is 6.99. The SMILES string of the molecule is COC(=O)NCCc1cn(S(=O)(=O)C2(C)C=CC=CC2)c2ccccc12. The van der Waals surface area contributed by atoms with Gasteiger partial charge in [0.15, 0.2) is 0 Å². The van der Waals surface area contributed by atoms with Gasteiger partial charge in [0.2, 0.25) is 10.0 Å². The molecule has 3 rings (SSSR count). The van der Waals surface area contributed by atoms with E-state index in [1.54, 1.807) is 31.3 Å². The molecule has 138 valence electrons. The number of carbonyl (C=O) groups is 1. The average molecular weight is 374 g/mol. The van der Waals surface area contributed by atoms with Crippen LogP contribution in [0.1, 0.15) is 18.9 Å². The normalized spacial score (nSPS) is 19.6. The van der Waals surface area contributed by atoms with Crippen LogP contribution in [0.4, 0.5) is 4.79 Å². The van der Waals surface area contributed by atoms with Gasteiger partial charge in [-0.2, -0.15) is 0 Å². The molecule has 1 aromatic carbocycles. The van der Waals surface area contributed by atoms with Gasteiger partial charge in [0, 0.05) is 18.1 Å². The van der Waals surface area contributed by atoms with Gasteiger partial charge in [0.25, 0.3) is 0 Å². The lowest BCUT2D eigenvalue weighted by Crippen LogP contribution is -2.37. The molecule has 1 aliphatic rings. The van der Waals surface area contributed by atoms with Gasteiger partial charge in [-0.15, -0.1) is 0 Å². The predicted octanol–water partition coefficient (Wildman–Crippen LogP) is 2.99. The fourth-order valence-corrected chi connectivity index (χ4v) is 4.80. The molecule has 1 aliphatic carbocycles. The average Bonchev–Trinajstić information content (AvgIpc) is 3.02. The molecule has 1 atom stereocenters. The van der Waals surface area contributed by atoms with Crippen LogP contribution < -0.4 is 5.32 Å². The monoisotopic (exact) mass is 374 g/mol. The number of para-hydroxylation sites is 1. The number of fused-ring (bicyclic) bond motifs is 1. The van der Waals surface area contributed by atoms with Crippen LogP contribution in [0.2, 0.25) is 0 Å². The Bertz CT molecular complexity index is 988. The molecular weight excluding hydrogens is 352 g/mol. The summed E-state index contributed by atoms with van der Waals surface area (Å²) in [6, 6.07) is 7.40. The number of amides is 1. The number of benzene rings is 1. The minimum absolute atomic E-state index is 0.362. The number of hydrogen-bond acceptors (Lipinski definition) is 4. The zero-order chi connectivity index (χ0) is 18.8. The maximum Gasteiger partial charge on any atom is 0.406 e. The lowest BCUT2D eigenvalue weighted by atomic mass is 10.0. The molecule has 1 unspecified atom stereocenters.